The van der Waals surface area contributed by atoms with Gasteiger partial charge in [0.05, 0.1) is 0 Å². The summed E-state index contributed by atoms with van der Waals surface area (Å²) in [5.74, 6) is 0. The molecule has 0 amide bonds. The molecule has 0 aromatic carbocycles. The maximum absolute atomic E-state index is 5.68. The van der Waals surface area contributed by atoms with Crippen LogP contribution in [-0.2, 0) is 0 Å². The summed E-state index contributed by atoms with van der Waals surface area (Å²) in [6, 6.07) is 8.11. The van der Waals surface area contributed by atoms with Gasteiger partial charge in [0.1, 0.15) is 0 Å². The second-order valence-electron chi connectivity index (χ2n) is 2.99. The molecule has 0 saturated carbocycles. The number of thiophene rings is 2. The average molecular weight is 244 g/mol. The Morgan fingerprint density at radius 3 is 1.67 bits per heavy atom. The third kappa shape index (κ3) is 1.55. The van der Waals surface area contributed by atoms with E-state index in [2.05, 4.69) is 23.2 Å². The van der Waals surface area contributed by atoms with Crippen LogP contribution in [0.5, 0.6) is 0 Å². The predicted octanol–water partition coefficient (Wildman–Crippen LogP) is 1.72. The molecule has 0 aliphatic carbocycles. The molecule has 0 fully saturated rings. The van der Waals surface area contributed by atoms with Gasteiger partial charge in [-0.25, -0.2) is 0 Å². The van der Waals surface area contributed by atoms with E-state index in [1.54, 1.807) is 22.7 Å². The van der Waals surface area contributed by atoms with Gasteiger partial charge in [0.25, 0.3) is 8.07 Å². The molecule has 2 heterocycles. The first-order valence-electron chi connectivity index (χ1n) is 4.37. The van der Waals surface area contributed by atoms with Gasteiger partial charge in [0.15, 0.2) is 0 Å². The fraction of sp³-hybridized carbons (Fsp3) is 0. The van der Waals surface area contributed by atoms with Crippen molar-refractivity contribution in [3.05, 3.63) is 35.0 Å². The lowest BCUT2D eigenvalue weighted by Gasteiger charge is -2.15. The van der Waals surface area contributed by atoms with Gasteiger partial charge >= 0.3 is 0 Å². The fourth-order valence-corrected chi connectivity index (χ4v) is 7.32. The summed E-state index contributed by atoms with van der Waals surface area (Å²) < 4.78 is 2.35. The molecule has 2 aromatic heterocycles. The van der Waals surface area contributed by atoms with E-state index in [9.17, 15) is 0 Å². The molecule has 0 radical (unpaired) electrons. The SMILES string of the molecule is C#C[Si](C#C)(c1cccs1)c1cccs1. The van der Waals surface area contributed by atoms with E-state index < -0.39 is 8.07 Å². The third-order valence-electron chi connectivity index (χ3n) is 2.21. The van der Waals surface area contributed by atoms with E-state index >= 15 is 0 Å². The molecule has 0 N–H and O–H groups in total. The molecule has 72 valence electrons. The summed E-state index contributed by atoms with van der Waals surface area (Å²) in [7, 11) is -2.30. The van der Waals surface area contributed by atoms with E-state index in [1.165, 1.54) is 9.00 Å². The quantitative estimate of drug-likeness (QED) is 0.557. The normalized spacial score (nSPS) is 10.5. The second-order valence-corrected chi connectivity index (χ2v) is 8.77. The van der Waals surface area contributed by atoms with Crippen molar-refractivity contribution in [1.82, 2.24) is 0 Å². The first-order valence-corrected chi connectivity index (χ1v) is 8.13. The largest absolute Gasteiger partial charge is 0.294 e. The maximum Gasteiger partial charge on any atom is 0.294 e. The molecule has 0 aliphatic rings. The molecule has 3 heteroatoms. The smallest absolute Gasteiger partial charge is 0.151 e. The first-order chi connectivity index (χ1) is 7.33. The standard InChI is InChI=1S/C12H8S2Si/c1-3-15(4-2,11-7-5-9-13-11)12-8-6-10-14-12/h1-2,5-10H. The summed E-state index contributed by atoms with van der Waals surface area (Å²) >= 11 is 3.32. The summed E-state index contributed by atoms with van der Waals surface area (Å²) in [6.45, 7) is 0. The molecule has 0 bridgehead atoms. The highest BCUT2D eigenvalue weighted by Gasteiger charge is 2.36. The van der Waals surface area contributed by atoms with Crippen LogP contribution < -0.4 is 9.00 Å². The zero-order valence-corrected chi connectivity index (χ0v) is 10.6. The summed E-state index contributed by atoms with van der Waals surface area (Å²) in [5, 5.41) is 4.05. The Bertz CT molecular complexity index is 459. The monoisotopic (exact) mass is 244 g/mol. The van der Waals surface area contributed by atoms with Gasteiger partial charge < -0.3 is 0 Å². The molecular weight excluding hydrogens is 236 g/mol. The molecule has 2 aromatic rings. The van der Waals surface area contributed by atoms with E-state index in [-0.39, 0.29) is 0 Å². The van der Waals surface area contributed by atoms with Gasteiger partial charge in [-0.15, -0.1) is 23.9 Å². The summed E-state index contributed by atoms with van der Waals surface area (Å²) in [5.41, 5.74) is 5.79. The minimum Gasteiger partial charge on any atom is -0.151 e. The van der Waals surface area contributed by atoms with Crippen molar-refractivity contribution in [3.63, 3.8) is 0 Å². The zero-order chi connectivity index (χ0) is 10.7. The second kappa shape index (κ2) is 4.08. The molecule has 0 aliphatic heterocycles. The molecule has 0 nitrogen and oxygen atoms in total. The number of terminal acetylenes is 2. The van der Waals surface area contributed by atoms with Gasteiger partial charge in [0, 0.05) is 9.00 Å². The zero-order valence-electron chi connectivity index (χ0n) is 7.94. The van der Waals surface area contributed by atoms with Crippen LogP contribution in [0.15, 0.2) is 35.0 Å². The lowest BCUT2D eigenvalue weighted by Crippen LogP contribution is -2.54. The lowest BCUT2D eigenvalue weighted by molar-refractivity contribution is 2.02. The van der Waals surface area contributed by atoms with Crippen LogP contribution in [0.4, 0.5) is 0 Å². The average Bonchev–Trinajstić information content (AvgIpc) is 2.92. The highest BCUT2D eigenvalue weighted by Crippen LogP contribution is 2.10. The predicted molar refractivity (Wildman–Crippen MR) is 71.3 cm³/mol. The van der Waals surface area contributed by atoms with Crippen molar-refractivity contribution in [2.24, 2.45) is 0 Å². The van der Waals surface area contributed by atoms with Gasteiger partial charge in [-0.1, -0.05) is 12.1 Å². The van der Waals surface area contributed by atoms with Crippen LogP contribution >= 0.6 is 22.7 Å². The Morgan fingerprint density at radius 1 is 0.933 bits per heavy atom. The van der Waals surface area contributed by atoms with Crippen molar-refractivity contribution < 1.29 is 0 Å². The number of hydrogen-bond acceptors (Lipinski definition) is 2. The molecule has 15 heavy (non-hydrogen) atoms. The summed E-state index contributed by atoms with van der Waals surface area (Å²) in [6.07, 6.45) is 11.4. The number of hydrogen-bond donors (Lipinski definition) is 0. The van der Waals surface area contributed by atoms with Crippen molar-refractivity contribution in [2.75, 3.05) is 0 Å². The van der Waals surface area contributed by atoms with E-state index in [4.69, 9.17) is 12.8 Å². The fourth-order valence-electron chi connectivity index (χ4n) is 1.43. The van der Waals surface area contributed by atoms with E-state index in [1.807, 2.05) is 22.9 Å². The Labute approximate surface area is 98.6 Å². The molecular formula is C12H8S2Si. The molecule has 0 saturated heterocycles. The van der Waals surface area contributed by atoms with Crippen LogP contribution in [-0.4, -0.2) is 8.07 Å². The third-order valence-corrected chi connectivity index (χ3v) is 8.80. The topological polar surface area (TPSA) is 0 Å². The summed E-state index contributed by atoms with van der Waals surface area (Å²) in [4.78, 5) is 0. The van der Waals surface area contributed by atoms with Crippen LogP contribution in [0.25, 0.3) is 0 Å². The first kappa shape index (κ1) is 10.3. The highest BCUT2D eigenvalue weighted by molar-refractivity contribution is 7.40. The van der Waals surface area contributed by atoms with Crippen LogP contribution in [0.2, 0.25) is 0 Å². The van der Waals surface area contributed by atoms with Crippen molar-refractivity contribution in [1.29, 1.82) is 0 Å². The van der Waals surface area contributed by atoms with Gasteiger partial charge in [-0.3, -0.25) is 0 Å². The van der Waals surface area contributed by atoms with Crippen molar-refractivity contribution in [2.45, 2.75) is 0 Å². The Kier molecular flexibility index (Phi) is 2.79. The molecule has 0 spiro atoms. The van der Waals surface area contributed by atoms with Crippen LogP contribution in [0, 0.1) is 23.9 Å². The molecule has 0 atom stereocenters. The number of rotatable bonds is 2. The lowest BCUT2D eigenvalue weighted by atomic mass is 10.7. The Hall–Kier alpha value is -1.26. The van der Waals surface area contributed by atoms with Gasteiger partial charge in [-0.2, -0.15) is 22.7 Å². The van der Waals surface area contributed by atoms with Gasteiger partial charge in [-0.05, 0) is 22.9 Å². The maximum atomic E-state index is 5.68. The van der Waals surface area contributed by atoms with E-state index in [0.717, 1.165) is 0 Å². The Morgan fingerprint density at radius 2 is 1.40 bits per heavy atom. The van der Waals surface area contributed by atoms with Crippen LogP contribution in [0.3, 0.4) is 0 Å². The minimum atomic E-state index is -2.30. The Balaban J connectivity index is 2.63. The van der Waals surface area contributed by atoms with Crippen molar-refractivity contribution >= 4 is 39.7 Å². The molecule has 0 unspecified atom stereocenters. The highest BCUT2D eigenvalue weighted by atomic mass is 32.1. The van der Waals surface area contributed by atoms with Gasteiger partial charge in [0.2, 0.25) is 0 Å². The van der Waals surface area contributed by atoms with Crippen LogP contribution in [0.1, 0.15) is 0 Å². The molecule has 2 rings (SSSR count). The van der Waals surface area contributed by atoms with E-state index in [0.29, 0.717) is 0 Å². The van der Waals surface area contributed by atoms with Crippen molar-refractivity contribution in [3.8, 4) is 23.9 Å². The minimum absolute atomic E-state index is 1.18.